The first kappa shape index (κ1) is 18.6. The van der Waals surface area contributed by atoms with Crippen molar-refractivity contribution in [3.63, 3.8) is 0 Å². The minimum Gasteiger partial charge on any atom is -0.314 e. The van der Waals surface area contributed by atoms with Crippen molar-refractivity contribution in [1.29, 1.82) is 0 Å². The van der Waals surface area contributed by atoms with E-state index in [0.29, 0.717) is 28.5 Å². The minimum atomic E-state index is -0.113. The lowest BCUT2D eigenvalue weighted by Gasteiger charge is -2.32. The molecule has 2 heterocycles. The molecule has 2 aliphatic rings. The van der Waals surface area contributed by atoms with Crippen LogP contribution in [0.3, 0.4) is 0 Å². The quantitative estimate of drug-likeness (QED) is 0.834. The van der Waals surface area contributed by atoms with E-state index in [1.807, 2.05) is 6.07 Å². The SMILES string of the molecule is Cl.O=c1[nH]c(CN2CCC(NCC3CC3)CC2)nc2ccc(Cl)cc12. The zero-order chi connectivity index (χ0) is 16.5. The van der Waals surface area contributed by atoms with Crippen molar-refractivity contribution in [2.75, 3.05) is 19.6 Å². The van der Waals surface area contributed by atoms with E-state index in [2.05, 4.69) is 20.2 Å². The fraction of sp³-hybridized carbons (Fsp3) is 0.556. The molecule has 0 amide bonds. The highest BCUT2D eigenvalue weighted by atomic mass is 35.5. The molecule has 0 unspecified atom stereocenters. The largest absolute Gasteiger partial charge is 0.314 e. The zero-order valence-electron chi connectivity index (χ0n) is 14.1. The van der Waals surface area contributed by atoms with Gasteiger partial charge in [-0.05, 0) is 56.3 Å². The number of likely N-dealkylation sites (tertiary alicyclic amines) is 1. The standard InChI is InChI=1S/C18H23ClN4O.ClH/c19-13-3-4-16-15(9-13)18(24)22-17(21-16)11-23-7-5-14(6-8-23)20-10-12-1-2-12;/h3-4,9,12,14,20H,1-2,5-8,10-11H2,(H,21,22,24);1H. The van der Waals surface area contributed by atoms with E-state index >= 15 is 0 Å². The number of fused-ring (bicyclic) bond motifs is 1. The van der Waals surface area contributed by atoms with Crippen molar-refractivity contribution >= 4 is 34.9 Å². The van der Waals surface area contributed by atoms with Gasteiger partial charge in [0.05, 0.1) is 17.4 Å². The summed E-state index contributed by atoms with van der Waals surface area (Å²) in [6, 6.07) is 5.90. The minimum absolute atomic E-state index is 0. The van der Waals surface area contributed by atoms with Crippen LogP contribution in [0.25, 0.3) is 10.9 Å². The maximum atomic E-state index is 12.2. The van der Waals surface area contributed by atoms with Crippen LogP contribution in [-0.4, -0.2) is 40.5 Å². The van der Waals surface area contributed by atoms with Gasteiger partial charge < -0.3 is 10.3 Å². The molecule has 7 heteroatoms. The van der Waals surface area contributed by atoms with Crippen LogP contribution in [0.15, 0.2) is 23.0 Å². The summed E-state index contributed by atoms with van der Waals surface area (Å²) in [5.74, 6) is 1.67. The number of H-pyrrole nitrogens is 1. The molecular weight excluding hydrogens is 359 g/mol. The molecule has 1 aromatic carbocycles. The molecule has 1 aromatic heterocycles. The number of hydrogen-bond donors (Lipinski definition) is 2. The summed E-state index contributed by atoms with van der Waals surface area (Å²) in [6.45, 7) is 3.98. The summed E-state index contributed by atoms with van der Waals surface area (Å²) in [5, 5.41) is 4.80. The fourth-order valence-electron chi connectivity index (χ4n) is 3.40. The lowest BCUT2D eigenvalue weighted by Crippen LogP contribution is -2.43. The van der Waals surface area contributed by atoms with E-state index < -0.39 is 0 Å². The number of rotatable bonds is 5. The maximum Gasteiger partial charge on any atom is 0.258 e. The number of nitrogens with one attached hydrogen (secondary N) is 2. The molecule has 1 saturated carbocycles. The third-order valence-corrected chi connectivity index (χ3v) is 5.30. The van der Waals surface area contributed by atoms with Crippen molar-refractivity contribution in [1.82, 2.24) is 20.2 Å². The third kappa shape index (κ3) is 4.73. The van der Waals surface area contributed by atoms with Crippen molar-refractivity contribution in [3.8, 4) is 0 Å². The van der Waals surface area contributed by atoms with Gasteiger partial charge >= 0.3 is 0 Å². The Morgan fingerprint density at radius 1 is 1.24 bits per heavy atom. The molecule has 0 bridgehead atoms. The van der Waals surface area contributed by atoms with Crippen LogP contribution in [-0.2, 0) is 6.54 Å². The van der Waals surface area contributed by atoms with Crippen molar-refractivity contribution in [2.24, 2.45) is 5.92 Å². The first-order valence-corrected chi connectivity index (χ1v) is 9.19. The van der Waals surface area contributed by atoms with E-state index in [-0.39, 0.29) is 18.0 Å². The van der Waals surface area contributed by atoms with Crippen LogP contribution in [0.4, 0.5) is 0 Å². The fourth-order valence-corrected chi connectivity index (χ4v) is 3.57. The van der Waals surface area contributed by atoms with Crippen LogP contribution < -0.4 is 10.9 Å². The maximum absolute atomic E-state index is 12.2. The van der Waals surface area contributed by atoms with Crippen LogP contribution in [0.1, 0.15) is 31.5 Å². The van der Waals surface area contributed by atoms with Gasteiger partial charge in [-0.2, -0.15) is 0 Å². The first-order chi connectivity index (χ1) is 11.7. The van der Waals surface area contributed by atoms with Gasteiger partial charge in [0.25, 0.3) is 5.56 Å². The molecule has 5 nitrogen and oxygen atoms in total. The van der Waals surface area contributed by atoms with E-state index in [1.165, 1.54) is 32.2 Å². The van der Waals surface area contributed by atoms with Crippen molar-refractivity contribution in [3.05, 3.63) is 39.4 Å². The Hall–Kier alpha value is -1.14. The molecule has 4 rings (SSSR count). The topological polar surface area (TPSA) is 61.0 Å². The Bertz CT molecular complexity index is 782. The molecule has 0 spiro atoms. The molecular formula is C18H24Cl2N4O. The molecule has 2 fully saturated rings. The molecule has 2 N–H and O–H groups in total. The monoisotopic (exact) mass is 382 g/mol. The molecule has 1 saturated heterocycles. The first-order valence-electron chi connectivity index (χ1n) is 8.81. The Kier molecular flexibility index (Phi) is 6.00. The highest BCUT2D eigenvalue weighted by molar-refractivity contribution is 6.31. The summed E-state index contributed by atoms with van der Waals surface area (Å²) < 4.78 is 0. The molecule has 2 aromatic rings. The summed E-state index contributed by atoms with van der Waals surface area (Å²) >= 11 is 5.95. The summed E-state index contributed by atoms with van der Waals surface area (Å²) in [5.41, 5.74) is 0.595. The molecule has 1 aliphatic carbocycles. The number of hydrogen-bond acceptors (Lipinski definition) is 4. The zero-order valence-corrected chi connectivity index (χ0v) is 15.7. The predicted molar refractivity (Wildman–Crippen MR) is 104 cm³/mol. The number of aromatic nitrogens is 2. The average Bonchev–Trinajstić information content (AvgIpc) is 3.39. The van der Waals surface area contributed by atoms with Gasteiger partial charge in [-0.1, -0.05) is 11.6 Å². The average molecular weight is 383 g/mol. The van der Waals surface area contributed by atoms with Gasteiger partial charge in [-0.25, -0.2) is 4.98 Å². The summed E-state index contributed by atoms with van der Waals surface area (Å²) in [7, 11) is 0. The Balaban J connectivity index is 0.00000182. The summed E-state index contributed by atoms with van der Waals surface area (Å²) in [4.78, 5) is 22.1. The molecule has 0 radical (unpaired) electrons. The second kappa shape index (κ2) is 8.04. The number of piperidine rings is 1. The van der Waals surface area contributed by atoms with Crippen molar-refractivity contribution in [2.45, 2.75) is 38.3 Å². The third-order valence-electron chi connectivity index (χ3n) is 5.07. The molecule has 136 valence electrons. The van der Waals surface area contributed by atoms with E-state index in [4.69, 9.17) is 11.6 Å². The van der Waals surface area contributed by atoms with E-state index in [9.17, 15) is 4.79 Å². The Morgan fingerprint density at radius 2 is 2.00 bits per heavy atom. The number of benzene rings is 1. The summed E-state index contributed by atoms with van der Waals surface area (Å²) in [6.07, 6.45) is 5.14. The Labute approximate surface area is 158 Å². The van der Waals surface area contributed by atoms with E-state index in [1.54, 1.807) is 12.1 Å². The van der Waals surface area contributed by atoms with Crippen LogP contribution in [0, 0.1) is 5.92 Å². The number of halogens is 2. The normalized spacial score (nSPS) is 19.1. The smallest absolute Gasteiger partial charge is 0.258 e. The van der Waals surface area contributed by atoms with Gasteiger partial charge in [-0.3, -0.25) is 9.69 Å². The van der Waals surface area contributed by atoms with E-state index in [0.717, 1.165) is 24.8 Å². The van der Waals surface area contributed by atoms with Gasteiger partial charge in [0.15, 0.2) is 0 Å². The lowest BCUT2D eigenvalue weighted by molar-refractivity contribution is 0.186. The predicted octanol–water partition coefficient (Wildman–Crippen LogP) is 2.96. The number of nitrogens with zero attached hydrogens (tertiary/aromatic N) is 2. The second-order valence-corrected chi connectivity index (χ2v) is 7.51. The van der Waals surface area contributed by atoms with Gasteiger partial charge in [-0.15, -0.1) is 12.4 Å². The highest BCUT2D eigenvalue weighted by Gasteiger charge is 2.24. The number of aromatic amines is 1. The van der Waals surface area contributed by atoms with Crippen molar-refractivity contribution < 1.29 is 0 Å². The van der Waals surface area contributed by atoms with Crippen LogP contribution >= 0.6 is 24.0 Å². The molecule has 1 aliphatic heterocycles. The highest BCUT2D eigenvalue weighted by Crippen LogP contribution is 2.28. The lowest BCUT2D eigenvalue weighted by atomic mass is 10.0. The molecule has 0 atom stereocenters. The van der Waals surface area contributed by atoms with Crippen LogP contribution in [0.5, 0.6) is 0 Å². The Morgan fingerprint density at radius 3 is 2.72 bits per heavy atom. The van der Waals surface area contributed by atoms with Crippen LogP contribution in [0.2, 0.25) is 5.02 Å². The van der Waals surface area contributed by atoms with Gasteiger partial charge in [0, 0.05) is 24.2 Å². The molecule has 25 heavy (non-hydrogen) atoms. The van der Waals surface area contributed by atoms with Gasteiger partial charge in [0.2, 0.25) is 0 Å². The second-order valence-electron chi connectivity index (χ2n) is 7.08. The van der Waals surface area contributed by atoms with Gasteiger partial charge in [0.1, 0.15) is 5.82 Å².